The van der Waals surface area contributed by atoms with Crippen LogP contribution in [0.3, 0.4) is 0 Å². The van der Waals surface area contributed by atoms with E-state index >= 15 is 0 Å². The molecule has 0 heterocycles. The molecule has 3 nitrogen and oxygen atoms in total. The summed E-state index contributed by atoms with van der Waals surface area (Å²) in [5.41, 5.74) is -2.60. The Morgan fingerprint density at radius 3 is 2.30 bits per heavy atom. The SMILES string of the molecule is CN(Cc1ccc(F)cc1C(F)(F)F)C(C)(C)C(=O)O. The number of carboxylic acid groups (broad SMARTS) is 1. The maximum Gasteiger partial charge on any atom is 0.416 e. The van der Waals surface area contributed by atoms with Gasteiger partial charge in [-0.25, -0.2) is 4.39 Å². The highest BCUT2D eigenvalue weighted by Gasteiger charge is 2.36. The zero-order chi connectivity index (χ0) is 15.7. The molecule has 20 heavy (non-hydrogen) atoms. The average Bonchev–Trinajstić information content (AvgIpc) is 2.29. The standard InChI is InChI=1S/C13H15F4NO2/c1-12(2,11(19)20)18(3)7-8-4-5-9(14)6-10(8)13(15,16)17/h4-6H,7H2,1-3H3,(H,19,20). The maximum atomic E-state index is 13.0. The molecule has 0 atom stereocenters. The summed E-state index contributed by atoms with van der Waals surface area (Å²) in [6, 6.07) is 2.36. The van der Waals surface area contributed by atoms with Crippen LogP contribution in [-0.4, -0.2) is 28.6 Å². The summed E-state index contributed by atoms with van der Waals surface area (Å²) in [6.07, 6.45) is -4.69. The fourth-order valence-electron chi connectivity index (χ4n) is 1.57. The zero-order valence-corrected chi connectivity index (χ0v) is 11.3. The number of aliphatic carboxylic acids is 1. The summed E-state index contributed by atoms with van der Waals surface area (Å²) in [4.78, 5) is 12.3. The predicted octanol–water partition coefficient (Wildman–Crippen LogP) is 3.14. The molecule has 0 aromatic heterocycles. The minimum absolute atomic E-state index is 0.171. The van der Waals surface area contributed by atoms with Gasteiger partial charge in [-0.05, 0) is 38.6 Å². The molecule has 1 N–H and O–H groups in total. The quantitative estimate of drug-likeness (QED) is 0.867. The van der Waals surface area contributed by atoms with E-state index in [2.05, 4.69) is 0 Å². The van der Waals surface area contributed by atoms with Crippen LogP contribution in [0.1, 0.15) is 25.0 Å². The van der Waals surface area contributed by atoms with E-state index in [0.717, 1.165) is 12.1 Å². The highest BCUT2D eigenvalue weighted by molar-refractivity contribution is 5.77. The van der Waals surface area contributed by atoms with Crippen molar-refractivity contribution >= 4 is 5.97 Å². The van der Waals surface area contributed by atoms with E-state index in [9.17, 15) is 22.4 Å². The maximum absolute atomic E-state index is 13.0. The molecule has 0 spiro atoms. The van der Waals surface area contributed by atoms with Gasteiger partial charge in [-0.3, -0.25) is 9.69 Å². The lowest BCUT2D eigenvalue weighted by Gasteiger charge is -2.32. The van der Waals surface area contributed by atoms with Gasteiger partial charge in [0.2, 0.25) is 0 Å². The average molecular weight is 293 g/mol. The van der Waals surface area contributed by atoms with E-state index in [1.54, 1.807) is 0 Å². The second-order valence-electron chi connectivity index (χ2n) is 5.02. The first-order valence-corrected chi connectivity index (χ1v) is 5.76. The van der Waals surface area contributed by atoms with E-state index in [4.69, 9.17) is 5.11 Å². The van der Waals surface area contributed by atoms with Crippen LogP contribution >= 0.6 is 0 Å². The normalized spacial score (nSPS) is 12.8. The summed E-state index contributed by atoms with van der Waals surface area (Å²) in [6.45, 7) is 2.51. The van der Waals surface area contributed by atoms with Crippen molar-refractivity contribution in [1.29, 1.82) is 0 Å². The van der Waals surface area contributed by atoms with Crippen LogP contribution in [0.2, 0.25) is 0 Å². The molecule has 0 bridgehead atoms. The highest BCUT2D eigenvalue weighted by Crippen LogP contribution is 2.33. The smallest absolute Gasteiger partial charge is 0.416 e. The first-order chi connectivity index (χ1) is 8.96. The monoisotopic (exact) mass is 293 g/mol. The van der Waals surface area contributed by atoms with E-state index < -0.39 is 29.1 Å². The van der Waals surface area contributed by atoms with Gasteiger partial charge < -0.3 is 5.11 Å². The van der Waals surface area contributed by atoms with Crippen LogP contribution < -0.4 is 0 Å². The van der Waals surface area contributed by atoms with Crippen LogP contribution in [0, 0.1) is 5.82 Å². The minimum Gasteiger partial charge on any atom is -0.480 e. The Morgan fingerprint density at radius 2 is 1.85 bits per heavy atom. The molecule has 0 aliphatic rings. The number of rotatable bonds is 4. The first-order valence-electron chi connectivity index (χ1n) is 5.76. The number of carboxylic acids is 1. The second-order valence-corrected chi connectivity index (χ2v) is 5.02. The molecule has 0 radical (unpaired) electrons. The Bertz CT molecular complexity index is 512. The van der Waals surface area contributed by atoms with E-state index in [1.807, 2.05) is 0 Å². The van der Waals surface area contributed by atoms with E-state index in [1.165, 1.54) is 25.8 Å². The first kappa shape index (κ1) is 16.4. The fourth-order valence-corrected chi connectivity index (χ4v) is 1.57. The molecule has 0 amide bonds. The predicted molar refractivity (Wildman–Crippen MR) is 64.6 cm³/mol. The van der Waals surface area contributed by atoms with E-state index in [0.29, 0.717) is 6.07 Å². The molecule has 0 saturated heterocycles. The van der Waals surface area contributed by atoms with Gasteiger partial charge in [-0.1, -0.05) is 6.07 Å². The third kappa shape index (κ3) is 3.47. The topological polar surface area (TPSA) is 40.5 Å². The van der Waals surface area contributed by atoms with Gasteiger partial charge in [0.25, 0.3) is 0 Å². The summed E-state index contributed by atoms with van der Waals surface area (Å²) in [5.74, 6) is -2.14. The minimum atomic E-state index is -4.69. The Hall–Kier alpha value is -1.63. The van der Waals surface area contributed by atoms with Crippen molar-refractivity contribution in [1.82, 2.24) is 4.90 Å². The van der Waals surface area contributed by atoms with Crippen LogP contribution in [0.4, 0.5) is 17.6 Å². The number of hydrogen-bond donors (Lipinski definition) is 1. The van der Waals surface area contributed by atoms with Gasteiger partial charge in [0.05, 0.1) is 5.56 Å². The lowest BCUT2D eigenvalue weighted by Crippen LogP contribution is -2.47. The molecule has 112 valence electrons. The van der Waals surface area contributed by atoms with Gasteiger partial charge >= 0.3 is 12.1 Å². The third-order valence-corrected chi connectivity index (χ3v) is 3.26. The van der Waals surface area contributed by atoms with Gasteiger partial charge in [-0.2, -0.15) is 13.2 Å². The van der Waals surface area contributed by atoms with Gasteiger partial charge in [0, 0.05) is 6.54 Å². The largest absolute Gasteiger partial charge is 0.480 e. The number of carbonyl (C=O) groups is 1. The number of hydrogen-bond acceptors (Lipinski definition) is 2. The zero-order valence-electron chi connectivity index (χ0n) is 11.3. The number of nitrogens with zero attached hydrogens (tertiary/aromatic N) is 1. The van der Waals surface area contributed by atoms with Crippen LogP contribution in [0.15, 0.2) is 18.2 Å². The van der Waals surface area contributed by atoms with Crippen LogP contribution in [0.5, 0.6) is 0 Å². The molecule has 1 rings (SSSR count). The molecular weight excluding hydrogens is 278 g/mol. The van der Waals surface area contributed by atoms with Crippen molar-refractivity contribution in [3.05, 3.63) is 35.1 Å². The number of likely N-dealkylation sites (N-methyl/N-ethyl adjacent to an activating group) is 1. The molecule has 1 aromatic carbocycles. The fraction of sp³-hybridized carbons (Fsp3) is 0.462. The molecule has 0 unspecified atom stereocenters. The molecule has 0 aliphatic heterocycles. The third-order valence-electron chi connectivity index (χ3n) is 3.26. The molecule has 0 fully saturated rings. The van der Waals surface area contributed by atoms with Crippen molar-refractivity contribution in [3.63, 3.8) is 0 Å². The molecular formula is C13H15F4NO2. The van der Waals surface area contributed by atoms with Crippen molar-refractivity contribution in [3.8, 4) is 0 Å². The molecule has 7 heteroatoms. The lowest BCUT2D eigenvalue weighted by atomic mass is 10.0. The Labute approximate surface area is 113 Å². The number of halogens is 4. The van der Waals surface area contributed by atoms with Gasteiger partial charge in [0.1, 0.15) is 11.4 Å². The Balaban J connectivity index is 3.13. The summed E-state index contributed by atoms with van der Waals surface area (Å²) < 4.78 is 51.5. The summed E-state index contributed by atoms with van der Waals surface area (Å²) in [7, 11) is 1.40. The van der Waals surface area contributed by atoms with Crippen LogP contribution in [0.25, 0.3) is 0 Å². The Kier molecular flexibility index (Phi) is 4.43. The van der Waals surface area contributed by atoms with Crippen molar-refractivity contribution < 1.29 is 27.5 Å². The van der Waals surface area contributed by atoms with Crippen molar-refractivity contribution in [2.45, 2.75) is 32.1 Å². The molecule has 0 saturated carbocycles. The van der Waals surface area contributed by atoms with Gasteiger partial charge in [-0.15, -0.1) is 0 Å². The lowest BCUT2D eigenvalue weighted by molar-refractivity contribution is -0.149. The summed E-state index contributed by atoms with van der Waals surface area (Å²) in [5, 5.41) is 9.04. The van der Waals surface area contributed by atoms with E-state index in [-0.39, 0.29) is 12.1 Å². The van der Waals surface area contributed by atoms with Crippen LogP contribution in [-0.2, 0) is 17.5 Å². The summed E-state index contributed by atoms with van der Waals surface area (Å²) >= 11 is 0. The Morgan fingerprint density at radius 1 is 1.30 bits per heavy atom. The second kappa shape index (κ2) is 5.40. The number of alkyl halides is 3. The molecule has 1 aromatic rings. The van der Waals surface area contributed by atoms with Crippen molar-refractivity contribution in [2.24, 2.45) is 0 Å². The van der Waals surface area contributed by atoms with Crippen molar-refractivity contribution in [2.75, 3.05) is 7.05 Å². The molecule has 0 aliphatic carbocycles. The van der Waals surface area contributed by atoms with Gasteiger partial charge in [0.15, 0.2) is 0 Å². The number of benzene rings is 1. The highest BCUT2D eigenvalue weighted by atomic mass is 19.4.